The number of aliphatic hydroxyl groups is 1. The highest BCUT2D eigenvalue weighted by Crippen LogP contribution is 2.31. The molecule has 0 heterocycles. The standard InChI is InChI=1S/C36H47F2N3O2/c1-4-15-41(16-5-2)36(43)22-26-9-7-11-31(19-26)40-34(21-27-17-29(37)23-30(38)18-27)35(42)24-39-33-12-8-10-28-14-13-25(6-3)20-32(28)33/h7,9,11,13-14,17-20,23,33-35,39-40,42H,4-6,8,10,12,15-16,21-22,24H2,1-3H3. The molecule has 0 saturated heterocycles. The Balaban J connectivity index is 1.50. The van der Waals surface area contributed by atoms with Crippen LogP contribution in [0.2, 0.25) is 0 Å². The Labute approximate surface area is 255 Å². The summed E-state index contributed by atoms with van der Waals surface area (Å²) in [6, 6.07) is 17.4. The van der Waals surface area contributed by atoms with Crippen LogP contribution in [-0.4, -0.2) is 47.7 Å². The van der Waals surface area contributed by atoms with Gasteiger partial charge in [-0.2, -0.15) is 0 Å². The number of amides is 1. The molecule has 3 aromatic carbocycles. The molecular weight excluding hydrogens is 544 g/mol. The number of anilines is 1. The first-order valence-corrected chi connectivity index (χ1v) is 15.9. The van der Waals surface area contributed by atoms with Crippen molar-refractivity contribution in [1.29, 1.82) is 0 Å². The van der Waals surface area contributed by atoms with E-state index in [2.05, 4.69) is 49.6 Å². The average Bonchev–Trinajstić information content (AvgIpc) is 2.98. The molecule has 232 valence electrons. The number of carbonyl (C=O) groups excluding carboxylic acids is 1. The summed E-state index contributed by atoms with van der Waals surface area (Å²) in [5.41, 5.74) is 6.03. The van der Waals surface area contributed by atoms with Gasteiger partial charge in [0.15, 0.2) is 0 Å². The quantitative estimate of drug-likeness (QED) is 0.183. The number of nitrogens with one attached hydrogen (secondary N) is 2. The molecule has 43 heavy (non-hydrogen) atoms. The highest BCUT2D eigenvalue weighted by Gasteiger charge is 2.25. The monoisotopic (exact) mass is 591 g/mol. The molecule has 0 fully saturated rings. The van der Waals surface area contributed by atoms with Crippen LogP contribution in [0, 0.1) is 11.6 Å². The molecule has 5 nitrogen and oxygen atoms in total. The summed E-state index contributed by atoms with van der Waals surface area (Å²) < 4.78 is 28.2. The summed E-state index contributed by atoms with van der Waals surface area (Å²) in [5.74, 6) is -1.19. The van der Waals surface area contributed by atoms with Crippen molar-refractivity contribution in [2.24, 2.45) is 0 Å². The SMILES string of the molecule is CCCN(CCC)C(=O)Cc1cccc(NC(Cc2cc(F)cc(F)c2)C(O)CNC2CCCc3ccc(CC)cc32)c1. The molecule has 0 saturated carbocycles. The average molecular weight is 592 g/mol. The molecule has 1 aliphatic rings. The van der Waals surface area contributed by atoms with Crippen molar-refractivity contribution in [3.05, 3.63) is 100 Å². The van der Waals surface area contributed by atoms with Crippen LogP contribution in [-0.2, 0) is 30.5 Å². The molecule has 0 spiro atoms. The minimum absolute atomic E-state index is 0.0934. The lowest BCUT2D eigenvalue weighted by molar-refractivity contribution is -0.130. The third kappa shape index (κ3) is 9.35. The summed E-state index contributed by atoms with van der Waals surface area (Å²) in [5, 5.41) is 18.5. The molecule has 0 bridgehead atoms. The summed E-state index contributed by atoms with van der Waals surface area (Å²) >= 11 is 0. The maximum absolute atomic E-state index is 14.1. The normalized spacial score (nSPS) is 15.9. The van der Waals surface area contributed by atoms with Gasteiger partial charge < -0.3 is 20.6 Å². The molecule has 0 aromatic heterocycles. The minimum Gasteiger partial charge on any atom is -0.390 e. The minimum atomic E-state index is -0.846. The van der Waals surface area contributed by atoms with Crippen molar-refractivity contribution in [2.45, 2.75) is 90.3 Å². The molecule has 1 amide bonds. The van der Waals surface area contributed by atoms with Gasteiger partial charge in [0, 0.05) is 37.4 Å². The number of halogens is 2. The van der Waals surface area contributed by atoms with E-state index in [1.165, 1.54) is 28.8 Å². The molecular formula is C36H47F2N3O2. The fourth-order valence-corrected chi connectivity index (χ4v) is 6.12. The number of hydrogen-bond acceptors (Lipinski definition) is 4. The first kappa shape index (κ1) is 32.6. The van der Waals surface area contributed by atoms with Gasteiger partial charge in [0.1, 0.15) is 11.6 Å². The van der Waals surface area contributed by atoms with E-state index < -0.39 is 23.8 Å². The van der Waals surface area contributed by atoms with E-state index >= 15 is 0 Å². The van der Waals surface area contributed by atoms with E-state index in [-0.39, 0.29) is 18.4 Å². The molecule has 1 aliphatic carbocycles. The van der Waals surface area contributed by atoms with Crippen LogP contribution in [0.1, 0.15) is 80.3 Å². The van der Waals surface area contributed by atoms with E-state index in [1.807, 2.05) is 29.2 Å². The number of rotatable bonds is 15. The van der Waals surface area contributed by atoms with Crippen LogP contribution in [0.3, 0.4) is 0 Å². The predicted octanol–water partition coefficient (Wildman–Crippen LogP) is 6.77. The summed E-state index contributed by atoms with van der Waals surface area (Å²) in [6.07, 6.45) is 5.59. The summed E-state index contributed by atoms with van der Waals surface area (Å²) in [6.45, 7) is 8.08. The largest absolute Gasteiger partial charge is 0.390 e. The van der Waals surface area contributed by atoms with Crippen molar-refractivity contribution < 1.29 is 18.7 Å². The number of carbonyl (C=O) groups is 1. The second kappa shape index (κ2) is 16.0. The molecule has 7 heteroatoms. The Kier molecular flexibility index (Phi) is 12.1. The van der Waals surface area contributed by atoms with Crippen LogP contribution >= 0.6 is 0 Å². The van der Waals surface area contributed by atoms with E-state index in [0.29, 0.717) is 18.5 Å². The van der Waals surface area contributed by atoms with Gasteiger partial charge in [-0.1, -0.05) is 51.1 Å². The number of aryl methyl sites for hydroxylation is 2. The van der Waals surface area contributed by atoms with Gasteiger partial charge >= 0.3 is 0 Å². The molecule has 0 aliphatic heterocycles. The molecule has 3 aromatic rings. The zero-order chi connectivity index (χ0) is 30.8. The van der Waals surface area contributed by atoms with Gasteiger partial charge in [-0.05, 0) is 97.0 Å². The number of aliphatic hydroxyl groups excluding tert-OH is 1. The highest BCUT2D eigenvalue weighted by atomic mass is 19.1. The zero-order valence-electron chi connectivity index (χ0n) is 25.8. The lowest BCUT2D eigenvalue weighted by Gasteiger charge is -2.31. The van der Waals surface area contributed by atoms with Crippen molar-refractivity contribution in [1.82, 2.24) is 10.2 Å². The maximum Gasteiger partial charge on any atom is 0.226 e. The van der Waals surface area contributed by atoms with E-state index in [4.69, 9.17) is 0 Å². The Morgan fingerprint density at radius 1 is 0.953 bits per heavy atom. The van der Waals surface area contributed by atoms with Gasteiger partial charge in [0.05, 0.1) is 18.6 Å². The van der Waals surface area contributed by atoms with Crippen LogP contribution < -0.4 is 10.6 Å². The van der Waals surface area contributed by atoms with E-state index in [0.717, 1.165) is 68.9 Å². The lowest BCUT2D eigenvalue weighted by Crippen LogP contribution is -2.43. The van der Waals surface area contributed by atoms with E-state index in [9.17, 15) is 18.7 Å². The van der Waals surface area contributed by atoms with Crippen molar-refractivity contribution >= 4 is 11.6 Å². The predicted molar refractivity (Wildman–Crippen MR) is 170 cm³/mol. The topological polar surface area (TPSA) is 64.6 Å². The van der Waals surface area contributed by atoms with Crippen molar-refractivity contribution in [3.8, 4) is 0 Å². The number of hydrogen-bond donors (Lipinski definition) is 3. The summed E-state index contributed by atoms with van der Waals surface area (Å²) in [7, 11) is 0. The van der Waals surface area contributed by atoms with Gasteiger partial charge in [-0.3, -0.25) is 4.79 Å². The van der Waals surface area contributed by atoms with Gasteiger partial charge in [0.2, 0.25) is 5.91 Å². The Morgan fingerprint density at radius 2 is 1.70 bits per heavy atom. The van der Waals surface area contributed by atoms with Gasteiger partial charge in [0.25, 0.3) is 0 Å². The first-order valence-electron chi connectivity index (χ1n) is 15.9. The Hall–Kier alpha value is -3.29. The fraction of sp³-hybridized carbons (Fsp3) is 0.472. The lowest BCUT2D eigenvalue weighted by atomic mass is 9.86. The van der Waals surface area contributed by atoms with E-state index in [1.54, 1.807) is 0 Å². The van der Waals surface area contributed by atoms with Crippen LogP contribution in [0.25, 0.3) is 0 Å². The Bertz CT molecular complexity index is 1320. The fourth-order valence-electron chi connectivity index (χ4n) is 6.12. The third-order valence-corrected chi connectivity index (χ3v) is 8.32. The van der Waals surface area contributed by atoms with Crippen molar-refractivity contribution in [3.63, 3.8) is 0 Å². The van der Waals surface area contributed by atoms with Crippen LogP contribution in [0.5, 0.6) is 0 Å². The van der Waals surface area contributed by atoms with Crippen molar-refractivity contribution in [2.75, 3.05) is 25.0 Å². The smallest absolute Gasteiger partial charge is 0.226 e. The molecule has 4 rings (SSSR count). The number of fused-ring (bicyclic) bond motifs is 1. The number of benzene rings is 3. The molecule has 0 radical (unpaired) electrons. The second-order valence-corrected chi connectivity index (χ2v) is 11.8. The third-order valence-electron chi connectivity index (χ3n) is 8.32. The summed E-state index contributed by atoms with van der Waals surface area (Å²) in [4.78, 5) is 14.9. The van der Waals surface area contributed by atoms with Gasteiger partial charge in [-0.15, -0.1) is 0 Å². The van der Waals surface area contributed by atoms with Gasteiger partial charge in [-0.25, -0.2) is 8.78 Å². The van der Waals surface area contributed by atoms with Crippen LogP contribution in [0.15, 0.2) is 60.7 Å². The molecule has 3 N–H and O–H groups in total. The maximum atomic E-state index is 14.1. The Morgan fingerprint density at radius 3 is 2.40 bits per heavy atom. The number of nitrogens with zero attached hydrogens (tertiary/aromatic N) is 1. The molecule has 3 atom stereocenters. The first-order chi connectivity index (χ1) is 20.8. The highest BCUT2D eigenvalue weighted by molar-refractivity contribution is 5.79. The molecule has 3 unspecified atom stereocenters. The zero-order valence-corrected chi connectivity index (χ0v) is 25.8. The second-order valence-electron chi connectivity index (χ2n) is 11.8. The van der Waals surface area contributed by atoms with Crippen LogP contribution in [0.4, 0.5) is 14.5 Å².